The summed E-state index contributed by atoms with van der Waals surface area (Å²) in [6, 6.07) is 10.8. The summed E-state index contributed by atoms with van der Waals surface area (Å²) in [6.45, 7) is 10.8. The molecule has 0 bridgehead atoms. The molecule has 0 saturated heterocycles. The molecule has 12 nitrogen and oxygen atoms in total. The molecule has 1 fully saturated rings. The van der Waals surface area contributed by atoms with Crippen LogP contribution in [0.3, 0.4) is 0 Å². The molecule has 2 aliphatic carbocycles. The van der Waals surface area contributed by atoms with Crippen molar-refractivity contribution >= 4 is 11.8 Å². The predicted octanol–water partition coefficient (Wildman–Crippen LogP) is 6.90. The molecule has 1 amide bonds. The SMILES string of the molecule is C=CCOc1ccc2c(c1)C1C(CCCCO)C(CCCCO)C=C3C(=NOC)CC(N(Cc4ccc5c(c4)OCO5)C(=O)OCC)C(OCC=C)(O2)C31. The molecule has 1 saturated carbocycles. The number of hydrogen-bond donors (Lipinski definition) is 2. The van der Waals surface area contributed by atoms with Gasteiger partial charge < -0.3 is 43.5 Å². The maximum absolute atomic E-state index is 14.3. The summed E-state index contributed by atoms with van der Waals surface area (Å²) >= 11 is 0. The highest BCUT2D eigenvalue weighted by molar-refractivity contribution is 6.03. The van der Waals surface area contributed by atoms with Crippen LogP contribution in [0, 0.1) is 17.8 Å². The number of ether oxygens (including phenoxy) is 6. The van der Waals surface area contributed by atoms with Crippen LogP contribution >= 0.6 is 0 Å². The van der Waals surface area contributed by atoms with E-state index in [1.807, 2.05) is 30.3 Å². The molecule has 2 aliphatic heterocycles. The van der Waals surface area contributed by atoms with Crippen molar-refractivity contribution in [3.8, 4) is 23.0 Å². The van der Waals surface area contributed by atoms with Gasteiger partial charge >= 0.3 is 6.09 Å². The number of hydrogen-bond acceptors (Lipinski definition) is 11. The van der Waals surface area contributed by atoms with Gasteiger partial charge in [-0.25, -0.2) is 4.79 Å². The monoisotopic (exact) mass is 746 g/mol. The highest BCUT2D eigenvalue weighted by Gasteiger charge is 2.65. The van der Waals surface area contributed by atoms with E-state index in [0.717, 1.165) is 42.4 Å². The first-order chi connectivity index (χ1) is 26.4. The standard InChI is InChI=1S/C42H54N2O10/c1-5-20-50-30-15-17-35-33(24-30)39-31(13-9-11-19-46)29(12-8-10-18-45)23-32-34(43-48-4)25-38(42(54-35,40(32)39)53-21-6-2)44(41(47)49-7-3)26-28-14-16-36-37(22-28)52-27-51-36/h5-6,14-17,22-24,29,31,38-40,45-46H,1-2,7-13,18-21,25-27H2,3-4H3. The van der Waals surface area contributed by atoms with E-state index in [1.54, 1.807) is 24.0 Å². The number of carbonyl (C=O) groups excluding carboxylic acids is 1. The largest absolute Gasteiger partial charge is 0.490 e. The molecule has 292 valence electrons. The van der Waals surface area contributed by atoms with Crippen LogP contribution in [0.5, 0.6) is 23.0 Å². The van der Waals surface area contributed by atoms with Crippen molar-refractivity contribution in [2.45, 2.75) is 76.2 Å². The quantitative estimate of drug-likeness (QED) is 0.0887. The molecule has 0 radical (unpaired) electrons. The predicted molar refractivity (Wildman–Crippen MR) is 203 cm³/mol. The maximum Gasteiger partial charge on any atom is 0.410 e. The van der Waals surface area contributed by atoms with Crippen molar-refractivity contribution in [3.05, 3.63) is 84.5 Å². The van der Waals surface area contributed by atoms with E-state index in [2.05, 4.69) is 30.5 Å². The first-order valence-electron chi connectivity index (χ1n) is 19.1. The smallest absolute Gasteiger partial charge is 0.410 e. The van der Waals surface area contributed by atoms with Gasteiger partial charge in [0.2, 0.25) is 12.6 Å². The first kappa shape index (κ1) is 39.2. The number of aliphatic hydroxyl groups is 2. The fraction of sp³-hybridized carbons (Fsp3) is 0.524. The fourth-order valence-electron chi connectivity index (χ4n) is 8.75. The number of unbranched alkanes of at least 4 members (excludes halogenated alkanes) is 2. The van der Waals surface area contributed by atoms with Gasteiger partial charge in [0, 0.05) is 37.7 Å². The van der Waals surface area contributed by atoms with Gasteiger partial charge in [-0.1, -0.05) is 48.9 Å². The Bertz CT molecular complexity index is 1690. The molecule has 6 rings (SSSR count). The van der Waals surface area contributed by atoms with Crippen molar-refractivity contribution < 1.29 is 48.3 Å². The second-order valence-corrected chi connectivity index (χ2v) is 14.1. The van der Waals surface area contributed by atoms with Crippen LogP contribution in [-0.4, -0.2) is 85.7 Å². The normalized spacial score (nSPS) is 25.4. The molecule has 0 aromatic heterocycles. The van der Waals surface area contributed by atoms with Crippen LogP contribution in [0.1, 0.15) is 68.9 Å². The number of nitrogens with zero attached hydrogens (tertiary/aromatic N) is 2. The highest BCUT2D eigenvalue weighted by Crippen LogP contribution is 2.62. The highest BCUT2D eigenvalue weighted by atomic mass is 16.7. The number of carbonyl (C=O) groups is 1. The summed E-state index contributed by atoms with van der Waals surface area (Å²) in [5, 5.41) is 24.2. The summed E-state index contributed by atoms with van der Waals surface area (Å²) in [6.07, 6.45) is 10.1. The van der Waals surface area contributed by atoms with E-state index in [4.69, 9.17) is 33.3 Å². The Morgan fingerprint density at radius 3 is 2.50 bits per heavy atom. The van der Waals surface area contributed by atoms with E-state index < -0.39 is 23.8 Å². The second-order valence-electron chi connectivity index (χ2n) is 14.1. The number of oxime groups is 1. The van der Waals surface area contributed by atoms with Gasteiger partial charge in [0.15, 0.2) is 11.5 Å². The third-order valence-corrected chi connectivity index (χ3v) is 10.9. The Labute approximate surface area is 317 Å². The number of fused-ring (bicyclic) bond motifs is 3. The summed E-state index contributed by atoms with van der Waals surface area (Å²) in [5.41, 5.74) is 3.43. The molecule has 2 aromatic rings. The van der Waals surface area contributed by atoms with Crippen LogP contribution in [0.15, 0.2) is 78.5 Å². The fourth-order valence-corrected chi connectivity index (χ4v) is 8.75. The Kier molecular flexibility index (Phi) is 13.2. The van der Waals surface area contributed by atoms with E-state index >= 15 is 0 Å². The number of benzene rings is 2. The average molecular weight is 747 g/mol. The van der Waals surface area contributed by atoms with Gasteiger partial charge in [0.25, 0.3) is 0 Å². The summed E-state index contributed by atoms with van der Waals surface area (Å²) in [7, 11) is 1.53. The van der Waals surface area contributed by atoms with Crippen LogP contribution in [0.4, 0.5) is 4.79 Å². The lowest BCUT2D eigenvalue weighted by molar-refractivity contribution is -0.256. The summed E-state index contributed by atoms with van der Waals surface area (Å²) in [5.74, 6) is 0.724. The molecule has 2 aromatic carbocycles. The molecule has 0 spiro atoms. The number of rotatable bonds is 19. The van der Waals surface area contributed by atoms with Crippen molar-refractivity contribution in [2.24, 2.45) is 22.9 Å². The zero-order valence-corrected chi connectivity index (χ0v) is 31.5. The Hall–Kier alpha value is -4.52. The zero-order chi connectivity index (χ0) is 38.1. The lowest BCUT2D eigenvalue weighted by Crippen LogP contribution is -2.70. The third-order valence-electron chi connectivity index (χ3n) is 10.9. The van der Waals surface area contributed by atoms with E-state index in [1.165, 1.54) is 7.11 Å². The number of amides is 1. The first-order valence-corrected chi connectivity index (χ1v) is 19.1. The minimum atomic E-state index is -1.41. The topological polar surface area (TPSA) is 138 Å². The summed E-state index contributed by atoms with van der Waals surface area (Å²) < 4.78 is 37.3. The van der Waals surface area contributed by atoms with E-state index in [-0.39, 0.29) is 63.9 Å². The van der Waals surface area contributed by atoms with Crippen molar-refractivity contribution in [1.82, 2.24) is 4.90 Å². The zero-order valence-electron chi connectivity index (χ0n) is 31.5. The summed E-state index contributed by atoms with van der Waals surface area (Å²) in [4.78, 5) is 21.5. The minimum absolute atomic E-state index is 0.0838. The van der Waals surface area contributed by atoms with Crippen LogP contribution in [-0.2, 0) is 20.9 Å². The van der Waals surface area contributed by atoms with Crippen LogP contribution < -0.4 is 18.9 Å². The molecular weight excluding hydrogens is 692 g/mol. The molecule has 6 unspecified atom stereocenters. The van der Waals surface area contributed by atoms with Crippen LogP contribution in [0.25, 0.3) is 0 Å². The molecule has 12 heteroatoms. The van der Waals surface area contributed by atoms with Gasteiger partial charge in [-0.05, 0) is 85.9 Å². The van der Waals surface area contributed by atoms with Crippen molar-refractivity contribution in [1.29, 1.82) is 0 Å². The molecule has 2 N–H and O–H groups in total. The maximum atomic E-state index is 14.3. The average Bonchev–Trinajstić information content (AvgIpc) is 3.65. The van der Waals surface area contributed by atoms with Crippen molar-refractivity contribution in [2.75, 3.05) is 46.9 Å². The Balaban J connectivity index is 1.57. The Morgan fingerprint density at radius 1 is 1.00 bits per heavy atom. The third kappa shape index (κ3) is 7.97. The molecule has 54 heavy (non-hydrogen) atoms. The number of aliphatic hydroxyl groups excluding tert-OH is 2. The van der Waals surface area contributed by atoms with Gasteiger partial charge in [-0.2, -0.15) is 0 Å². The van der Waals surface area contributed by atoms with Crippen molar-refractivity contribution in [3.63, 3.8) is 0 Å². The van der Waals surface area contributed by atoms with Gasteiger partial charge in [0.1, 0.15) is 31.3 Å². The van der Waals surface area contributed by atoms with Gasteiger partial charge in [-0.15, -0.1) is 6.58 Å². The Morgan fingerprint density at radius 2 is 1.76 bits per heavy atom. The second kappa shape index (κ2) is 18.2. The lowest BCUT2D eigenvalue weighted by atomic mass is 9.55. The molecule has 2 heterocycles. The number of allylic oxidation sites excluding steroid dienone is 1. The van der Waals surface area contributed by atoms with Gasteiger partial charge in [-0.3, -0.25) is 4.90 Å². The molecular formula is C42H54N2O10. The van der Waals surface area contributed by atoms with Gasteiger partial charge in [0.05, 0.1) is 24.8 Å². The van der Waals surface area contributed by atoms with E-state index in [0.29, 0.717) is 48.2 Å². The van der Waals surface area contributed by atoms with Crippen LogP contribution in [0.2, 0.25) is 0 Å². The minimum Gasteiger partial charge on any atom is -0.490 e. The molecule has 4 aliphatic rings. The molecule has 6 atom stereocenters. The lowest BCUT2D eigenvalue weighted by Gasteiger charge is -2.59. The van der Waals surface area contributed by atoms with E-state index in [9.17, 15) is 15.0 Å².